The molecule has 1 fully saturated rings. The fourth-order valence-electron chi connectivity index (χ4n) is 5.14. The van der Waals surface area contributed by atoms with E-state index in [1.54, 1.807) is 42.7 Å². The average molecular weight is 589 g/mol. The normalized spacial score (nSPS) is 18.0. The maximum Gasteiger partial charge on any atom is 0.406 e. The van der Waals surface area contributed by atoms with Gasteiger partial charge in [0.2, 0.25) is 5.91 Å². The molecule has 3 atom stereocenters. The summed E-state index contributed by atoms with van der Waals surface area (Å²) in [5, 5.41) is 7.32. The fourth-order valence-corrected chi connectivity index (χ4v) is 5.68. The first kappa shape index (κ1) is 30.3. The fraction of sp³-hybridized carbons (Fsp3) is 0.433. The summed E-state index contributed by atoms with van der Waals surface area (Å²) in [6.45, 7) is 4.22. The lowest BCUT2D eigenvalue weighted by Gasteiger charge is -2.37. The van der Waals surface area contributed by atoms with Gasteiger partial charge in [-0.1, -0.05) is 25.8 Å². The van der Waals surface area contributed by atoms with E-state index in [0.29, 0.717) is 46.7 Å². The molecule has 1 unspecified atom stereocenters. The van der Waals surface area contributed by atoms with Crippen LogP contribution < -0.4 is 15.4 Å². The molecule has 0 bridgehead atoms. The monoisotopic (exact) mass is 588 g/mol. The minimum absolute atomic E-state index is 0.0812. The van der Waals surface area contributed by atoms with Crippen LogP contribution in [0.2, 0.25) is 0 Å². The summed E-state index contributed by atoms with van der Waals surface area (Å²) >= 11 is 0. The van der Waals surface area contributed by atoms with Gasteiger partial charge in [-0.15, -0.1) is 0 Å². The van der Waals surface area contributed by atoms with Crippen molar-refractivity contribution in [2.45, 2.75) is 50.3 Å². The third-order valence-electron chi connectivity index (χ3n) is 7.27. The molecule has 2 aromatic carbocycles. The van der Waals surface area contributed by atoms with E-state index in [-0.39, 0.29) is 30.1 Å². The van der Waals surface area contributed by atoms with Crippen LogP contribution >= 0.6 is 0 Å². The molecule has 220 valence electrons. The molecule has 1 saturated heterocycles. The number of benzene rings is 2. The number of halogens is 3. The highest BCUT2D eigenvalue weighted by molar-refractivity contribution is 7.84. The molecule has 0 radical (unpaired) electrons. The Morgan fingerprint density at radius 3 is 2.63 bits per heavy atom. The molecular weight excluding hydrogens is 553 g/mol. The van der Waals surface area contributed by atoms with Crippen molar-refractivity contribution in [2.24, 2.45) is 5.92 Å². The van der Waals surface area contributed by atoms with Gasteiger partial charge < -0.3 is 24.8 Å². The maximum absolute atomic E-state index is 13.6. The minimum atomic E-state index is -4.42. The van der Waals surface area contributed by atoms with Gasteiger partial charge >= 0.3 is 6.18 Å². The molecule has 0 spiro atoms. The SMILES string of the molecule is CCC(=O)N1CC[C@@H](Nc2cccc3c2cc(C#CCNc2ccc(S(C)=O)cc2OC)n3CC(F)(F)F)[C@@H](C)C1. The zero-order chi connectivity index (χ0) is 29.7. The summed E-state index contributed by atoms with van der Waals surface area (Å²) < 4.78 is 59.1. The Kier molecular flexibility index (Phi) is 9.53. The van der Waals surface area contributed by atoms with Crippen molar-refractivity contribution in [3.63, 3.8) is 0 Å². The van der Waals surface area contributed by atoms with Crippen LogP contribution in [-0.2, 0) is 22.1 Å². The minimum Gasteiger partial charge on any atom is -0.495 e. The van der Waals surface area contributed by atoms with Crippen molar-refractivity contribution < 1.29 is 26.9 Å². The van der Waals surface area contributed by atoms with E-state index < -0.39 is 23.5 Å². The smallest absolute Gasteiger partial charge is 0.406 e. The lowest BCUT2D eigenvalue weighted by Crippen LogP contribution is -2.47. The Morgan fingerprint density at radius 1 is 1.20 bits per heavy atom. The van der Waals surface area contributed by atoms with Crippen LogP contribution in [0.4, 0.5) is 24.5 Å². The van der Waals surface area contributed by atoms with Gasteiger partial charge in [0.05, 0.1) is 30.6 Å². The number of hydrogen-bond donors (Lipinski definition) is 2. The van der Waals surface area contributed by atoms with Gasteiger partial charge in [0.15, 0.2) is 0 Å². The summed E-state index contributed by atoms with van der Waals surface area (Å²) in [6, 6.07) is 12.2. The highest BCUT2D eigenvalue weighted by Crippen LogP contribution is 2.32. The van der Waals surface area contributed by atoms with Crippen molar-refractivity contribution >= 4 is 39.0 Å². The Morgan fingerprint density at radius 2 is 1.98 bits per heavy atom. The van der Waals surface area contributed by atoms with Crippen molar-refractivity contribution in [3.05, 3.63) is 48.2 Å². The number of likely N-dealkylation sites (tertiary alicyclic amines) is 1. The van der Waals surface area contributed by atoms with Gasteiger partial charge in [0.1, 0.15) is 12.3 Å². The first-order valence-corrected chi connectivity index (χ1v) is 15.0. The summed E-state index contributed by atoms with van der Waals surface area (Å²) in [4.78, 5) is 14.6. The molecule has 1 aliphatic rings. The van der Waals surface area contributed by atoms with Gasteiger partial charge in [-0.2, -0.15) is 13.2 Å². The molecule has 2 heterocycles. The Bertz CT molecular complexity index is 1490. The lowest BCUT2D eigenvalue weighted by atomic mass is 9.93. The van der Waals surface area contributed by atoms with Crippen molar-refractivity contribution in [1.29, 1.82) is 0 Å². The number of carbonyl (C=O) groups excluding carboxylic acids is 1. The summed E-state index contributed by atoms with van der Waals surface area (Å²) in [5.41, 5.74) is 2.09. The topological polar surface area (TPSA) is 75.6 Å². The van der Waals surface area contributed by atoms with Crippen molar-refractivity contribution in [2.75, 3.05) is 43.6 Å². The van der Waals surface area contributed by atoms with Gasteiger partial charge in [-0.3, -0.25) is 9.00 Å². The van der Waals surface area contributed by atoms with Gasteiger partial charge in [-0.05, 0) is 54.7 Å². The van der Waals surface area contributed by atoms with Crippen LogP contribution in [0.5, 0.6) is 5.75 Å². The quantitative estimate of drug-likeness (QED) is 0.342. The number of nitrogens with one attached hydrogen (secondary N) is 2. The van der Waals surface area contributed by atoms with Gasteiger partial charge in [0, 0.05) is 58.6 Å². The maximum atomic E-state index is 13.6. The molecular formula is C30H35F3N4O3S. The number of fused-ring (bicyclic) bond motifs is 1. The number of piperidine rings is 1. The molecule has 1 aliphatic heterocycles. The molecule has 3 aromatic rings. The number of hydrogen-bond acceptors (Lipinski definition) is 5. The van der Waals surface area contributed by atoms with E-state index in [4.69, 9.17) is 4.74 Å². The second-order valence-corrected chi connectivity index (χ2v) is 11.5. The molecule has 1 aromatic heterocycles. The van der Waals surface area contributed by atoms with Crippen LogP contribution in [0.25, 0.3) is 10.9 Å². The average Bonchev–Trinajstić information content (AvgIpc) is 3.28. The van der Waals surface area contributed by atoms with Crippen LogP contribution in [0.15, 0.2) is 47.4 Å². The van der Waals surface area contributed by atoms with Gasteiger partial charge in [-0.25, -0.2) is 0 Å². The largest absolute Gasteiger partial charge is 0.495 e. The zero-order valence-electron chi connectivity index (χ0n) is 23.6. The first-order chi connectivity index (χ1) is 19.5. The third-order valence-corrected chi connectivity index (χ3v) is 8.19. The highest BCUT2D eigenvalue weighted by atomic mass is 32.2. The van der Waals surface area contributed by atoms with Crippen molar-refractivity contribution in [3.8, 4) is 17.6 Å². The van der Waals surface area contributed by atoms with E-state index >= 15 is 0 Å². The number of carbonyl (C=O) groups is 1. The molecule has 0 aliphatic carbocycles. The first-order valence-electron chi connectivity index (χ1n) is 13.5. The van der Waals surface area contributed by atoms with Crippen LogP contribution in [0, 0.1) is 17.8 Å². The van der Waals surface area contributed by atoms with E-state index in [1.807, 2.05) is 17.9 Å². The third kappa shape index (κ3) is 7.36. The van der Waals surface area contributed by atoms with E-state index in [0.717, 1.165) is 12.1 Å². The summed E-state index contributed by atoms with van der Waals surface area (Å²) in [6.07, 6.45) is -1.63. The molecule has 4 rings (SSSR count). The Balaban J connectivity index is 1.58. The molecule has 41 heavy (non-hydrogen) atoms. The Labute approximate surface area is 240 Å². The highest BCUT2D eigenvalue weighted by Gasteiger charge is 2.31. The van der Waals surface area contributed by atoms with Gasteiger partial charge in [0.25, 0.3) is 0 Å². The zero-order valence-corrected chi connectivity index (χ0v) is 24.4. The second kappa shape index (κ2) is 12.9. The van der Waals surface area contributed by atoms with E-state index in [2.05, 4.69) is 29.4 Å². The molecule has 2 N–H and O–H groups in total. The lowest BCUT2D eigenvalue weighted by molar-refractivity contribution is -0.140. The number of rotatable bonds is 8. The van der Waals surface area contributed by atoms with Crippen LogP contribution in [-0.4, -0.2) is 64.8 Å². The predicted molar refractivity (Wildman–Crippen MR) is 157 cm³/mol. The number of alkyl halides is 3. The van der Waals surface area contributed by atoms with E-state index in [9.17, 15) is 22.2 Å². The standard InChI is InChI=1S/C30H35F3N4O3S/c1-5-29(38)36-15-13-24(20(2)18-36)35-25-9-6-10-27-23(25)16-21(37(27)19-30(31,32)33)8-7-14-34-26-12-11-22(41(4)39)17-28(26)40-3/h6,9-12,16-17,20,24,34-35H,5,13-15,18-19H2,1-4H3/t20-,24+,41?/m0/s1. The number of amides is 1. The van der Waals surface area contributed by atoms with Crippen LogP contribution in [0.3, 0.4) is 0 Å². The van der Waals surface area contributed by atoms with Crippen LogP contribution in [0.1, 0.15) is 32.4 Å². The summed E-state index contributed by atoms with van der Waals surface area (Å²) in [7, 11) is 0.342. The predicted octanol–water partition coefficient (Wildman–Crippen LogP) is 5.47. The molecule has 0 saturated carbocycles. The molecule has 11 heteroatoms. The van der Waals surface area contributed by atoms with E-state index in [1.165, 1.54) is 11.7 Å². The number of aromatic nitrogens is 1. The van der Waals surface area contributed by atoms with Crippen molar-refractivity contribution in [1.82, 2.24) is 9.47 Å². The number of methoxy groups -OCH3 is 1. The number of nitrogens with zero attached hydrogens (tertiary/aromatic N) is 2. The Hall–Kier alpha value is -3.65. The molecule has 7 nitrogen and oxygen atoms in total. The second-order valence-electron chi connectivity index (χ2n) is 10.2. The number of anilines is 2. The number of ether oxygens (including phenoxy) is 1. The summed E-state index contributed by atoms with van der Waals surface area (Å²) in [5.74, 6) is 6.66. The molecule has 1 amide bonds.